The molecule has 0 radical (unpaired) electrons. The first-order chi connectivity index (χ1) is 11.3. The van der Waals surface area contributed by atoms with Gasteiger partial charge in [0.05, 0.1) is 0 Å². The molecule has 3 nitrogen and oxygen atoms in total. The third-order valence-corrected chi connectivity index (χ3v) is 5.02. The van der Waals surface area contributed by atoms with Crippen molar-refractivity contribution in [1.29, 1.82) is 0 Å². The number of fused-ring (bicyclic) bond motifs is 1. The van der Waals surface area contributed by atoms with Crippen LogP contribution in [0.3, 0.4) is 0 Å². The molecule has 0 amide bonds. The molecule has 0 bridgehead atoms. The molecule has 0 aliphatic heterocycles. The molecular weight excluding hydrogens is 282 g/mol. The van der Waals surface area contributed by atoms with Gasteiger partial charge in [0.1, 0.15) is 0 Å². The van der Waals surface area contributed by atoms with Crippen LogP contribution in [-0.2, 0) is 12.8 Å². The highest BCUT2D eigenvalue weighted by atomic mass is 15.1. The highest BCUT2D eigenvalue weighted by Gasteiger charge is 2.37. The quantitative estimate of drug-likeness (QED) is 0.668. The lowest BCUT2D eigenvalue weighted by atomic mass is 10.1. The van der Waals surface area contributed by atoms with Gasteiger partial charge in [0.2, 0.25) is 0 Å². The van der Waals surface area contributed by atoms with Crippen molar-refractivity contribution >= 4 is 11.6 Å². The van der Waals surface area contributed by atoms with Gasteiger partial charge in [0, 0.05) is 12.2 Å². The Kier molecular flexibility index (Phi) is 3.78. The molecule has 2 aromatic carbocycles. The number of guanidine groups is 1. The van der Waals surface area contributed by atoms with Crippen LogP contribution in [0.5, 0.6) is 0 Å². The molecule has 0 saturated heterocycles. The Morgan fingerprint density at radius 1 is 1.09 bits per heavy atom. The molecule has 2 atom stereocenters. The van der Waals surface area contributed by atoms with Gasteiger partial charge in [-0.05, 0) is 66.3 Å². The molecule has 2 aromatic rings. The second-order valence-corrected chi connectivity index (χ2v) is 6.70. The van der Waals surface area contributed by atoms with Crippen molar-refractivity contribution in [3.05, 3.63) is 65.2 Å². The number of hydrogen-bond donors (Lipinski definition) is 2. The predicted octanol–water partition coefficient (Wildman–Crippen LogP) is 3.71. The van der Waals surface area contributed by atoms with Crippen LogP contribution in [-0.4, -0.2) is 12.5 Å². The summed E-state index contributed by atoms with van der Waals surface area (Å²) in [7, 11) is 0. The molecule has 3 N–H and O–H groups in total. The van der Waals surface area contributed by atoms with E-state index in [4.69, 9.17) is 5.73 Å². The summed E-state index contributed by atoms with van der Waals surface area (Å²) in [6, 6.07) is 17.2. The first-order valence-electron chi connectivity index (χ1n) is 8.53. The molecule has 118 valence electrons. The van der Waals surface area contributed by atoms with Crippen LogP contribution in [0, 0.1) is 5.92 Å². The Bertz CT molecular complexity index is 721. The van der Waals surface area contributed by atoms with Crippen LogP contribution in [0.15, 0.2) is 53.5 Å². The van der Waals surface area contributed by atoms with Crippen molar-refractivity contribution in [2.45, 2.75) is 31.6 Å². The molecule has 1 fully saturated rings. The fourth-order valence-electron chi connectivity index (χ4n) is 3.61. The Hall–Kier alpha value is -2.29. The fourth-order valence-corrected chi connectivity index (χ4v) is 3.61. The number of nitrogens with zero attached hydrogens (tertiary/aromatic N) is 1. The van der Waals surface area contributed by atoms with E-state index < -0.39 is 0 Å². The maximum Gasteiger partial charge on any atom is 0.193 e. The molecule has 3 heteroatoms. The smallest absolute Gasteiger partial charge is 0.193 e. The largest absolute Gasteiger partial charge is 0.370 e. The number of nitrogens with two attached hydrogens (primary N) is 1. The average molecular weight is 305 g/mol. The standard InChI is InChI=1S/C20H23N3/c21-20(23-18-10-9-14-7-4-8-16(14)11-18)22-13-17-12-19(17)15-5-2-1-3-6-15/h1-3,5-6,9-11,17,19H,4,7-8,12-13H2,(H3,21,22,23). The minimum Gasteiger partial charge on any atom is -0.370 e. The van der Waals surface area contributed by atoms with Crippen molar-refractivity contribution in [2.24, 2.45) is 16.6 Å². The van der Waals surface area contributed by atoms with Gasteiger partial charge < -0.3 is 11.1 Å². The third kappa shape index (κ3) is 3.24. The minimum atomic E-state index is 0.529. The number of nitrogens with one attached hydrogen (secondary N) is 1. The van der Waals surface area contributed by atoms with Gasteiger partial charge in [0.25, 0.3) is 0 Å². The summed E-state index contributed by atoms with van der Waals surface area (Å²) >= 11 is 0. The number of rotatable bonds is 4. The topological polar surface area (TPSA) is 50.4 Å². The van der Waals surface area contributed by atoms with E-state index in [2.05, 4.69) is 58.8 Å². The Balaban J connectivity index is 1.33. The van der Waals surface area contributed by atoms with Gasteiger partial charge in [-0.2, -0.15) is 0 Å². The van der Waals surface area contributed by atoms with Gasteiger partial charge in [-0.15, -0.1) is 0 Å². The van der Waals surface area contributed by atoms with Gasteiger partial charge in [-0.3, -0.25) is 4.99 Å². The zero-order valence-electron chi connectivity index (χ0n) is 13.3. The molecule has 0 heterocycles. The second-order valence-electron chi connectivity index (χ2n) is 6.70. The minimum absolute atomic E-state index is 0.529. The molecular formula is C20H23N3. The van der Waals surface area contributed by atoms with Crippen molar-refractivity contribution in [3.63, 3.8) is 0 Å². The number of hydrogen-bond acceptors (Lipinski definition) is 1. The van der Waals surface area contributed by atoms with Crippen molar-refractivity contribution in [1.82, 2.24) is 0 Å². The lowest BCUT2D eigenvalue weighted by Gasteiger charge is -2.08. The highest BCUT2D eigenvalue weighted by Crippen LogP contribution is 2.47. The Morgan fingerprint density at radius 3 is 2.78 bits per heavy atom. The van der Waals surface area contributed by atoms with E-state index in [1.54, 1.807) is 0 Å². The normalized spacial score (nSPS) is 22.7. The third-order valence-electron chi connectivity index (χ3n) is 5.02. The Morgan fingerprint density at radius 2 is 1.91 bits per heavy atom. The molecule has 2 aliphatic rings. The van der Waals surface area contributed by atoms with E-state index in [0.717, 1.165) is 12.2 Å². The number of benzene rings is 2. The van der Waals surface area contributed by atoms with Crippen LogP contribution < -0.4 is 11.1 Å². The van der Waals surface area contributed by atoms with Gasteiger partial charge >= 0.3 is 0 Å². The van der Waals surface area contributed by atoms with E-state index in [9.17, 15) is 0 Å². The summed E-state index contributed by atoms with van der Waals surface area (Å²) in [6.07, 6.45) is 4.88. The zero-order chi connectivity index (χ0) is 15.6. The van der Waals surface area contributed by atoms with Crippen LogP contribution >= 0.6 is 0 Å². The number of aryl methyl sites for hydroxylation is 2. The maximum atomic E-state index is 6.05. The monoisotopic (exact) mass is 305 g/mol. The summed E-state index contributed by atoms with van der Waals surface area (Å²) in [5.74, 6) is 1.83. The number of anilines is 1. The number of aliphatic imine (C=N–C) groups is 1. The van der Waals surface area contributed by atoms with Crippen LogP contribution in [0.1, 0.15) is 35.4 Å². The summed E-state index contributed by atoms with van der Waals surface area (Å²) in [4.78, 5) is 4.53. The average Bonchev–Trinajstić information content (AvgIpc) is 3.21. The van der Waals surface area contributed by atoms with Crippen molar-refractivity contribution < 1.29 is 0 Å². The Labute approximate surface area is 137 Å². The van der Waals surface area contributed by atoms with Crippen LogP contribution in [0.2, 0.25) is 0 Å². The maximum absolute atomic E-state index is 6.05. The van der Waals surface area contributed by atoms with Crippen molar-refractivity contribution in [3.8, 4) is 0 Å². The predicted molar refractivity (Wildman–Crippen MR) is 95.9 cm³/mol. The lowest BCUT2D eigenvalue weighted by molar-refractivity contribution is 0.809. The second kappa shape index (κ2) is 6.07. The van der Waals surface area contributed by atoms with E-state index in [1.807, 2.05) is 0 Å². The molecule has 2 aliphatic carbocycles. The van der Waals surface area contributed by atoms with Crippen LogP contribution in [0.25, 0.3) is 0 Å². The highest BCUT2D eigenvalue weighted by molar-refractivity contribution is 5.92. The molecule has 4 rings (SSSR count). The molecule has 0 spiro atoms. The summed E-state index contributed by atoms with van der Waals surface area (Å²) < 4.78 is 0. The molecule has 2 unspecified atom stereocenters. The van der Waals surface area contributed by atoms with Crippen molar-refractivity contribution in [2.75, 3.05) is 11.9 Å². The summed E-state index contributed by atoms with van der Waals surface area (Å²) in [5, 5.41) is 3.24. The van der Waals surface area contributed by atoms with E-state index >= 15 is 0 Å². The SMILES string of the molecule is NC(=NCC1CC1c1ccccc1)Nc1ccc2c(c1)CCC2. The van der Waals surface area contributed by atoms with E-state index in [0.29, 0.717) is 17.8 Å². The van der Waals surface area contributed by atoms with E-state index in [-0.39, 0.29) is 0 Å². The first-order valence-corrected chi connectivity index (χ1v) is 8.53. The molecule has 23 heavy (non-hydrogen) atoms. The van der Waals surface area contributed by atoms with Gasteiger partial charge in [-0.1, -0.05) is 36.4 Å². The lowest BCUT2D eigenvalue weighted by Crippen LogP contribution is -2.23. The molecule has 0 aromatic heterocycles. The molecule has 1 saturated carbocycles. The van der Waals surface area contributed by atoms with Gasteiger partial charge in [-0.25, -0.2) is 0 Å². The fraction of sp³-hybridized carbons (Fsp3) is 0.350. The summed E-state index contributed by atoms with van der Waals surface area (Å²) in [5.41, 5.74) is 11.5. The van der Waals surface area contributed by atoms with E-state index in [1.165, 1.54) is 42.4 Å². The van der Waals surface area contributed by atoms with Crippen LogP contribution in [0.4, 0.5) is 5.69 Å². The zero-order valence-corrected chi connectivity index (χ0v) is 13.3. The summed E-state index contributed by atoms with van der Waals surface area (Å²) in [6.45, 7) is 0.809. The van der Waals surface area contributed by atoms with Gasteiger partial charge in [0.15, 0.2) is 5.96 Å². The first kappa shape index (κ1) is 14.3.